The summed E-state index contributed by atoms with van der Waals surface area (Å²) in [6.07, 6.45) is 0. The van der Waals surface area contributed by atoms with Crippen molar-refractivity contribution in [3.05, 3.63) is 33.8 Å². The Bertz CT molecular complexity index is 310. The highest BCUT2D eigenvalue weighted by atomic mass is 35.5. The van der Waals surface area contributed by atoms with Gasteiger partial charge in [-0.15, -0.1) is 11.8 Å². The second-order valence-electron chi connectivity index (χ2n) is 2.87. The first-order chi connectivity index (χ1) is 6.27. The van der Waals surface area contributed by atoms with Crippen LogP contribution in [0.25, 0.3) is 0 Å². The number of rotatable bonds is 1. The molecule has 1 aromatic carbocycles. The Morgan fingerprint density at radius 2 is 2.23 bits per heavy atom. The predicted molar refractivity (Wildman–Crippen MR) is 59.7 cm³/mol. The first-order valence-electron chi connectivity index (χ1n) is 4.07. The van der Waals surface area contributed by atoms with Crippen LogP contribution in [-0.2, 0) is 0 Å². The SMILES string of the molecule is Clc1ccc([C@@H]2NCCS2)c(Cl)c1. The molecule has 1 saturated heterocycles. The van der Waals surface area contributed by atoms with Crippen molar-refractivity contribution in [2.45, 2.75) is 5.37 Å². The molecular formula is C9H9Cl2NS. The molecule has 0 aliphatic carbocycles. The molecular weight excluding hydrogens is 225 g/mol. The van der Waals surface area contributed by atoms with Crippen molar-refractivity contribution in [1.82, 2.24) is 5.32 Å². The van der Waals surface area contributed by atoms with Gasteiger partial charge in [-0.05, 0) is 17.7 Å². The first-order valence-corrected chi connectivity index (χ1v) is 5.88. The van der Waals surface area contributed by atoms with Gasteiger partial charge in [-0.2, -0.15) is 0 Å². The van der Waals surface area contributed by atoms with Crippen molar-refractivity contribution in [2.75, 3.05) is 12.3 Å². The second kappa shape index (κ2) is 4.09. The lowest BCUT2D eigenvalue weighted by atomic mass is 10.2. The molecule has 1 aliphatic heterocycles. The van der Waals surface area contributed by atoms with Crippen LogP contribution in [0.1, 0.15) is 10.9 Å². The van der Waals surface area contributed by atoms with Crippen LogP contribution in [0.3, 0.4) is 0 Å². The summed E-state index contributed by atoms with van der Waals surface area (Å²) in [5.74, 6) is 1.14. The smallest absolute Gasteiger partial charge is 0.0804 e. The molecule has 1 atom stereocenters. The normalized spacial score (nSPS) is 22.2. The summed E-state index contributed by atoms with van der Waals surface area (Å²) >= 11 is 13.8. The molecule has 0 bridgehead atoms. The highest BCUT2D eigenvalue weighted by Gasteiger charge is 2.18. The van der Waals surface area contributed by atoms with E-state index in [1.165, 1.54) is 0 Å². The van der Waals surface area contributed by atoms with Crippen molar-refractivity contribution in [3.63, 3.8) is 0 Å². The summed E-state index contributed by atoms with van der Waals surface area (Å²) in [5.41, 5.74) is 1.13. The Hall–Kier alpha value is 0.110. The van der Waals surface area contributed by atoms with Gasteiger partial charge in [-0.3, -0.25) is 0 Å². The molecule has 0 radical (unpaired) electrons. The Kier molecular flexibility index (Phi) is 3.04. The van der Waals surface area contributed by atoms with E-state index in [0.717, 1.165) is 22.9 Å². The van der Waals surface area contributed by atoms with Gasteiger partial charge in [-0.1, -0.05) is 29.3 Å². The third-order valence-electron chi connectivity index (χ3n) is 1.96. The highest BCUT2D eigenvalue weighted by molar-refractivity contribution is 7.99. The number of hydrogen-bond acceptors (Lipinski definition) is 2. The van der Waals surface area contributed by atoms with Crippen molar-refractivity contribution < 1.29 is 0 Å². The summed E-state index contributed by atoms with van der Waals surface area (Å²) in [5, 5.41) is 5.15. The van der Waals surface area contributed by atoms with E-state index in [4.69, 9.17) is 23.2 Å². The van der Waals surface area contributed by atoms with Crippen LogP contribution in [0.15, 0.2) is 18.2 Å². The fraction of sp³-hybridized carbons (Fsp3) is 0.333. The molecule has 2 rings (SSSR count). The van der Waals surface area contributed by atoms with Crippen molar-refractivity contribution in [3.8, 4) is 0 Å². The summed E-state index contributed by atoms with van der Waals surface area (Å²) in [6, 6.07) is 5.66. The fourth-order valence-corrected chi connectivity index (χ4v) is 3.01. The molecule has 1 heterocycles. The number of hydrogen-bond donors (Lipinski definition) is 1. The Morgan fingerprint density at radius 1 is 1.38 bits per heavy atom. The monoisotopic (exact) mass is 233 g/mol. The lowest BCUT2D eigenvalue weighted by molar-refractivity contribution is 0.751. The molecule has 1 fully saturated rings. The minimum atomic E-state index is 0.338. The van der Waals surface area contributed by atoms with Gasteiger partial charge in [0.2, 0.25) is 0 Å². The number of nitrogens with one attached hydrogen (secondary N) is 1. The highest BCUT2D eigenvalue weighted by Crippen LogP contribution is 2.35. The summed E-state index contributed by atoms with van der Waals surface area (Å²) in [7, 11) is 0. The molecule has 1 nitrogen and oxygen atoms in total. The van der Waals surface area contributed by atoms with Crippen LogP contribution < -0.4 is 5.32 Å². The van der Waals surface area contributed by atoms with Gasteiger partial charge in [-0.25, -0.2) is 0 Å². The quantitative estimate of drug-likeness (QED) is 0.799. The van der Waals surface area contributed by atoms with E-state index in [2.05, 4.69) is 5.32 Å². The van der Waals surface area contributed by atoms with E-state index in [1.54, 1.807) is 6.07 Å². The Labute approximate surface area is 91.8 Å². The zero-order valence-corrected chi connectivity index (χ0v) is 9.22. The first kappa shape index (κ1) is 9.66. The van der Waals surface area contributed by atoms with E-state index in [1.807, 2.05) is 23.9 Å². The topological polar surface area (TPSA) is 12.0 Å². The third-order valence-corrected chi connectivity index (χ3v) is 3.72. The van der Waals surface area contributed by atoms with Gasteiger partial charge in [0.25, 0.3) is 0 Å². The maximum absolute atomic E-state index is 6.07. The van der Waals surface area contributed by atoms with Crippen LogP contribution in [0.5, 0.6) is 0 Å². The van der Waals surface area contributed by atoms with Crippen LogP contribution in [0.2, 0.25) is 10.0 Å². The predicted octanol–water partition coefficient (Wildman–Crippen LogP) is 3.33. The number of halogens is 2. The van der Waals surface area contributed by atoms with Gasteiger partial charge in [0.15, 0.2) is 0 Å². The molecule has 1 aromatic rings. The fourth-order valence-electron chi connectivity index (χ4n) is 1.34. The van der Waals surface area contributed by atoms with E-state index < -0.39 is 0 Å². The minimum Gasteiger partial charge on any atom is -0.301 e. The molecule has 1 aliphatic rings. The van der Waals surface area contributed by atoms with E-state index in [9.17, 15) is 0 Å². The Balaban J connectivity index is 2.29. The lowest BCUT2D eigenvalue weighted by Gasteiger charge is -2.11. The van der Waals surface area contributed by atoms with Gasteiger partial charge in [0.05, 0.1) is 5.37 Å². The third kappa shape index (κ3) is 2.13. The molecule has 13 heavy (non-hydrogen) atoms. The lowest BCUT2D eigenvalue weighted by Crippen LogP contribution is -2.12. The summed E-state index contributed by atoms with van der Waals surface area (Å²) < 4.78 is 0. The number of thioether (sulfide) groups is 1. The molecule has 0 unspecified atom stereocenters. The van der Waals surface area contributed by atoms with E-state index >= 15 is 0 Å². The van der Waals surface area contributed by atoms with Crippen molar-refractivity contribution in [1.29, 1.82) is 0 Å². The molecule has 1 N–H and O–H groups in total. The van der Waals surface area contributed by atoms with Crippen LogP contribution >= 0.6 is 35.0 Å². The standard InChI is InChI=1S/C9H9Cl2NS/c10-6-1-2-7(8(11)5-6)9-12-3-4-13-9/h1-2,5,9,12H,3-4H2/t9-/m1/s1. The zero-order valence-electron chi connectivity index (χ0n) is 6.89. The van der Waals surface area contributed by atoms with Gasteiger partial charge in [0, 0.05) is 22.3 Å². The van der Waals surface area contributed by atoms with Crippen LogP contribution in [0.4, 0.5) is 0 Å². The van der Waals surface area contributed by atoms with Crippen molar-refractivity contribution >= 4 is 35.0 Å². The van der Waals surface area contributed by atoms with Gasteiger partial charge in [0.1, 0.15) is 0 Å². The van der Waals surface area contributed by atoms with Crippen LogP contribution in [0, 0.1) is 0 Å². The molecule has 0 amide bonds. The summed E-state index contributed by atoms with van der Waals surface area (Å²) in [6.45, 7) is 1.05. The van der Waals surface area contributed by atoms with Gasteiger partial charge < -0.3 is 5.32 Å². The largest absolute Gasteiger partial charge is 0.301 e. The molecule has 4 heteroatoms. The maximum Gasteiger partial charge on any atom is 0.0804 e. The van der Waals surface area contributed by atoms with Crippen LogP contribution in [-0.4, -0.2) is 12.3 Å². The second-order valence-corrected chi connectivity index (χ2v) is 4.93. The Morgan fingerprint density at radius 3 is 2.85 bits per heavy atom. The summed E-state index contributed by atoms with van der Waals surface area (Å²) in [4.78, 5) is 0. The minimum absolute atomic E-state index is 0.338. The maximum atomic E-state index is 6.07. The molecule has 70 valence electrons. The average Bonchev–Trinajstić information content (AvgIpc) is 2.56. The molecule has 0 spiro atoms. The van der Waals surface area contributed by atoms with Gasteiger partial charge >= 0.3 is 0 Å². The number of benzene rings is 1. The van der Waals surface area contributed by atoms with E-state index in [0.29, 0.717) is 10.4 Å². The molecule has 0 aromatic heterocycles. The van der Waals surface area contributed by atoms with E-state index in [-0.39, 0.29) is 0 Å². The zero-order chi connectivity index (χ0) is 9.26. The molecule has 0 saturated carbocycles. The van der Waals surface area contributed by atoms with Crippen molar-refractivity contribution in [2.24, 2.45) is 0 Å². The average molecular weight is 234 g/mol.